The summed E-state index contributed by atoms with van der Waals surface area (Å²) in [6.07, 6.45) is 6.96. The number of esters is 1. The van der Waals surface area contributed by atoms with Gasteiger partial charge in [-0.15, -0.1) is 0 Å². The molecule has 0 N–H and O–H groups in total. The second kappa shape index (κ2) is 4.90. The van der Waals surface area contributed by atoms with Crippen LogP contribution in [0.25, 0.3) is 0 Å². The number of ether oxygens (including phenoxy) is 1. The smallest absolute Gasteiger partial charge is 0.331 e. The standard InChI is InChI=1S/C10H17NO2/c1-3-9-5-4-7-11(9)8-6-10(12)13-2/h6,8-9H,3-5,7H2,1-2H3. The highest BCUT2D eigenvalue weighted by atomic mass is 16.5. The van der Waals surface area contributed by atoms with E-state index in [-0.39, 0.29) is 5.97 Å². The Labute approximate surface area is 79.4 Å². The highest BCUT2D eigenvalue weighted by Crippen LogP contribution is 2.19. The number of rotatable bonds is 3. The molecule has 1 rings (SSSR count). The Morgan fingerprint density at radius 2 is 2.46 bits per heavy atom. The van der Waals surface area contributed by atoms with Crippen molar-refractivity contribution in [1.82, 2.24) is 4.90 Å². The third-order valence-corrected chi connectivity index (χ3v) is 2.50. The van der Waals surface area contributed by atoms with Crippen molar-refractivity contribution in [3.63, 3.8) is 0 Å². The molecule has 0 amide bonds. The maximum absolute atomic E-state index is 10.8. The van der Waals surface area contributed by atoms with E-state index in [0.717, 1.165) is 13.0 Å². The molecule has 0 aromatic heterocycles. The summed E-state index contributed by atoms with van der Waals surface area (Å²) in [5.74, 6) is -0.276. The Morgan fingerprint density at radius 1 is 1.69 bits per heavy atom. The largest absolute Gasteiger partial charge is 0.466 e. The van der Waals surface area contributed by atoms with Crippen molar-refractivity contribution >= 4 is 5.97 Å². The number of hydrogen-bond acceptors (Lipinski definition) is 3. The highest BCUT2D eigenvalue weighted by molar-refractivity contribution is 5.81. The lowest BCUT2D eigenvalue weighted by Crippen LogP contribution is -2.23. The Hall–Kier alpha value is -0.990. The van der Waals surface area contributed by atoms with Gasteiger partial charge in [-0.1, -0.05) is 6.92 Å². The summed E-state index contributed by atoms with van der Waals surface area (Å²) in [7, 11) is 1.40. The number of hydrogen-bond donors (Lipinski definition) is 0. The molecule has 1 heterocycles. The van der Waals surface area contributed by atoms with Gasteiger partial charge in [-0.05, 0) is 19.3 Å². The summed E-state index contributed by atoms with van der Waals surface area (Å²) >= 11 is 0. The first kappa shape index (κ1) is 10.1. The Bertz CT molecular complexity index is 201. The Morgan fingerprint density at radius 3 is 3.08 bits per heavy atom. The molecule has 3 nitrogen and oxygen atoms in total. The first-order valence-electron chi connectivity index (χ1n) is 4.79. The summed E-state index contributed by atoms with van der Waals surface area (Å²) < 4.78 is 4.53. The van der Waals surface area contributed by atoms with Crippen molar-refractivity contribution in [3.05, 3.63) is 12.3 Å². The third-order valence-electron chi connectivity index (χ3n) is 2.50. The van der Waals surface area contributed by atoms with Crippen molar-refractivity contribution in [2.45, 2.75) is 32.2 Å². The van der Waals surface area contributed by atoms with Crippen LogP contribution in [0.2, 0.25) is 0 Å². The van der Waals surface area contributed by atoms with E-state index >= 15 is 0 Å². The Kier molecular flexibility index (Phi) is 3.80. The van der Waals surface area contributed by atoms with E-state index in [9.17, 15) is 4.79 Å². The van der Waals surface area contributed by atoms with Crippen LogP contribution in [0.1, 0.15) is 26.2 Å². The zero-order valence-corrected chi connectivity index (χ0v) is 8.32. The molecule has 74 valence electrons. The molecule has 1 aliphatic heterocycles. The monoisotopic (exact) mass is 183 g/mol. The number of nitrogens with zero attached hydrogens (tertiary/aromatic N) is 1. The summed E-state index contributed by atoms with van der Waals surface area (Å²) in [6, 6.07) is 0.612. The average molecular weight is 183 g/mol. The lowest BCUT2D eigenvalue weighted by molar-refractivity contribution is -0.134. The zero-order chi connectivity index (χ0) is 9.68. The molecule has 1 atom stereocenters. The van der Waals surface area contributed by atoms with Crippen LogP contribution in [0.15, 0.2) is 12.3 Å². The number of methoxy groups -OCH3 is 1. The van der Waals surface area contributed by atoms with Crippen LogP contribution in [-0.2, 0) is 9.53 Å². The second-order valence-electron chi connectivity index (χ2n) is 3.28. The minimum absolute atomic E-state index is 0.276. The lowest BCUT2D eigenvalue weighted by atomic mass is 10.2. The van der Waals surface area contributed by atoms with Crippen molar-refractivity contribution in [2.24, 2.45) is 0 Å². The fourth-order valence-corrected chi connectivity index (χ4v) is 1.72. The van der Waals surface area contributed by atoms with Gasteiger partial charge >= 0.3 is 5.97 Å². The van der Waals surface area contributed by atoms with Crippen LogP contribution in [0, 0.1) is 0 Å². The topological polar surface area (TPSA) is 29.5 Å². The highest BCUT2D eigenvalue weighted by Gasteiger charge is 2.19. The predicted molar refractivity (Wildman–Crippen MR) is 51.2 cm³/mol. The van der Waals surface area contributed by atoms with Gasteiger partial charge in [0.15, 0.2) is 0 Å². The predicted octanol–water partition coefficient (Wildman–Crippen LogP) is 1.55. The van der Waals surface area contributed by atoms with E-state index in [1.807, 2.05) is 6.20 Å². The Balaban J connectivity index is 2.43. The van der Waals surface area contributed by atoms with Crippen LogP contribution < -0.4 is 0 Å². The maximum Gasteiger partial charge on any atom is 0.331 e. The second-order valence-corrected chi connectivity index (χ2v) is 3.28. The summed E-state index contributed by atoms with van der Waals surface area (Å²) in [4.78, 5) is 13.0. The summed E-state index contributed by atoms with van der Waals surface area (Å²) in [6.45, 7) is 3.24. The molecule has 0 spiro atoms. The van der Waals surface area contributed by atoms with Crippen LogP contribution in [-0.4, -0.2) is 30.6 Å². The quantitative estimate of drug-likeness (QED) is 0.491. The fourth-order valence-electron chi connectivity index (χ4n) is 1.72. The number of carbonyl (C=O) groups is 1. The van der Waals surface area contributed by atoms with Gasteiger partial charge in [0, 0.05) is 24.9 Å². The molecule has 1 saturated heterocycles. The molecule has 0 aromatic rings. The first-order chi connectivity index (χ1) is 6.27. The molecular weight excluding hydrogens is 166 g/mol. The molecule has 1 unspecified atom stereocenters. The van der Waals surface area contributed by atoms with Crippen molar-refractivity contribution in [1.29, 1.82) is 0 Å². The molecule has 1 aliphatic rings. The SMILES string of the molecule is CCC1CCCN1C=CC(=O)OC. The summed E-state index contributed by atoms with van der Waals surface area (Å²) in [5, 5.41) is 0. The van der Waals surface area contributed by atoms with E-state index in [0.29, 0.717) is 6.04 Å². The lowest BCUT2D eigenvalue weighted by Gasteiger charge is -2.20. The van der Waals surface area contributed by atoms with Gasteiger partial charge in [0.1, 0.15) is 0 Å². The first-order valence-corrected chi connectivity index (χ1v) is 4.79. The molecule has 0 saturated carbocycles. The maximum atomic E-state index is 10.8. The molecule has 0 bridgehead atoms. The minimum Gasteiger partial charge on any atom is -0.466 e. The third kappa shape index (κ3) is 2.76. The van der Waals surface area contributed by atoms with E-state index in [1.54, 1.807) is 0 Å². The van der Waals surface area contributed by atoms with Crippen molar-refractivity contribution in [3.8, 4) is 0 Å². The van der Waals surface area contributed by atoms with Crippen LogP contribution in [0.5, 0.6) is 0 Å². The summed E-state index contributed by atoms with van der Waals surface area (Å²) in [5.41, 5.74) is 0. The molecule has 0 aromatic carbocycles. The minimum atomic E-state index is -0.276. The molecule has 3 heteroatoms. The van der Waals surface area contributed by atoms with Crippen molar-refractivity contribution < 1.29 is 9.53 Å². The normalized spacial score (nSPS) is 22.6. The molecule has 13 heavy (non-hydrogen) atoms. The van der Waals surface area contributed by atoms with E-state index in [4.69, 9.17) is 0 Å². The van der Waals surface area contributed by atoms with E-state index < -0.39 is 0 Å². The van der Waals surface area contributed by atoms with Crippen LogP contribution in [0.4, 0.5) is 0 Å². The fraction of sp³-hybridized carbons (Fsp3) is 0.700. The molecule has 0 radical (unpaired) electrons. The van der Waals surface area contributed by atoms with Gasteiger partial charge in [0.25, 0.3) is 0 Å². The van der Waals surface area contributed by atoms with Gasteiger partial charge in [0.2, 0.25) is 0 Å². The average Bonchev–Trinajstić information content (AvgIpc) is 2.61. The van der Waals surface area contributed by atoms with Crippen LogP contribution >= 0.6 is 0 Å². The van der Waals surface area contributed by atoms with Gasteiger partial charge in [-0.25, -0.2) is 4.79 Å². The zero-order valence-electron chi connectivity index (χ0n) is 8.32. The molecule has 1 fully saturated rings. The van der Waals surface area contributed by atoms with Gasteiger partial charge < -0.3 is 9.64 Å². The number of carbonyl (C=O) groups excluding carboxylic acids is 1. The molecular formula is C10H17NO2. The van der Waals surface area contributed by atoms with E-state index in [2.05, 4.69) is 16.6 Å². The van der Waals surface area contributed by atoms with Gasteiger partial charge in [-0.2, -0.15) is 0 Å². The molecule has 0 aliphatic carbocycles. The van der Waals surface area contributed by atoms with Crippen molar-refractivity contribution in [2.75, 3.05) is 13.7 Å². The van der Waals surface area contributed by atoms with E-state index in [1.165, 1.54) is 26.0 Å². The van der Waals surface area contributed by atoms with Crippen LogP contribution in [0.3, 0.4) is 0 Å². The number of likely N-dealkylation sites (tertiary alicyclic amines) is 1. The van der Waals surface area contributed by atoms with Gasteiger partial charge in [-0.3, -0.25) is 0 Å². The van der Waals surface area contributed by atoms with Gasteiger partial charge in [0.05, 0.1) is 7.11 Å².